The van der Waals surface area contributed by atoms with E-state index in [1.54, 1.807) is 31.5 Å². The van der Waals surface area contributed by atoms with Crippen molar-refractivity contribution < 1.29 is 9.90 Å². The van der Waals surface area contributed by atoms with Crippen molar-refractivity contribution in [2.75, 3.05) is 0 Å². The van der Waals surface area contributed by atoms with Crippen LogP contribution in [-0.2, 0) is 4.79 Å². The second-order valence-corrected chi connectivity index (χ2v) is 2.93. The summed E-state index contributed by atoms with van der Waals surface area (Å²) in [6.45, 7) is 1.79. The minimum absolute atomic E-state index is 0.194. The molecule has 3 N–H and O–H groups in total. The number of carbonyl (C=O) groups is 1. The van der Waals surface area contributed by atoms with E-state index < -0.39 is 12.0 Å². The Morgan fingerprint density at radius 3 is 2.54 bits per heavy atom. The number of carboxylic acids is 1. The van der Waals surface area contributed by atoms with E-state index >= 15 is 0 Å². The molecule has 0 bridgehead atoms. The van der Waals surface area contributed by atoms with Gasteiger partial charge < -0.3 is 10.8 Å². The first-order chi connectivity index (χ1) is 6.13. The molecule has 1 aromatic rings. The quantitative estimate of drug-likeness (QED) is 0.714. The molecule has 0 spiro atoms. The standard InChI is InChI=1S/C9H12N2O2/c1-6(8(10)9(12)13)7-2-4-11-5-3-7/h2-6,8H,10H2,1H3,(H,12,13)/t6?,8-/m0/s1. The van der Waals surface area contributed by atoms with Crippen molar-refractivity contribution >= 4 is 5.97 Å². The number of pyridine rings is 1. The predicted octanol–water partition coefficient (Wildman–Crippen LogP) is 0.597. The third-order valence-electron chi connectivity index (χ3n) is 2.06. The highest BCUT2D eigenvalue weighted by Crippen LogP contribution is 2.16. The molecular formula is C9H12N2O2. The Morgan fingerprint density at radius 2 is 2.08 bits per heavy atom. The molecule has 0 aliphatic carbocycles. The van der Waals surface area contributed by atoms with Crippen molar-refractivity contribution in [3.8, 4) is 0 Å². The van der Waals surface area contributed by atoms with Crippen LogP contribution in [0.4, 0.5) is 0 Å². The van der Waals surface area contributed by atoms with Crippen molar-refractivity contribution in [2.24, 2.45) is 5.73 Å². The van der Waals surface area contributed by atoms with E-state index in [9.17, 15) is 4.79 Å². The molecule has 0 saturated heterocycles. The molecule has 4 nitrogen and oxygen atoms in total. The van der Waals surface area contributed by atoms with E-state index in [0.717, 1.165) is 5.56 Å². The third-order valence-corrected chi connectivity index (χ3v) is 2.06. The molecule has 2 atom stereocenters. The smallest absolute Gasteiger partial charge is 0.321 e. The summed E-state index contributed by atoms with van der Waals surface area (Å²) in [5.74, 6) is -1.18. The summed E-state index contributed by atoms with van der Waals surface area (Å²) in [7, 11) is 0. The van der Waals surface area contributed by atoms with E-state index in [0.29, 0.717) is 0 Å². The van der Waals surface area contributed by atoms with Crippen LogP contribution >= 0.6 is 0 Å². The summed E-state index contributed by atoms with van der Waals surface area (Å²) in [6.07, 6.45) is 3.25. The summed E-state index contributed by atoms with van der Waals surface area (Å²) < 4.78 is 0. The first kappa shape index (κ1) is 9.67. The number of carboxylic acid groups (broad SMARTS) is 1. The van der Waals surface area contributed by atoms with E-state index in [-0.39, 0.29) is 5.92 Å². The molecule has 0 fully saturated rings. The average Bonchev–Trinajstić information content (AvgIpc) is 2.17. The number of aliphatic carboxylic acids is 1. The third kappa shape index (κ3) is 2.26. The first-order valence-electron chi connectivity index (χ1n) is 4.01. The molecule has 1 aromatic heterocycles. The maximum atomic E-state index is 10.6. The molecule has 70 valence electrons. The lowest BCUT2D eigenvalue weighted by Crippen LogP contribution is -2.35. The van der Waals surface area contributed by atoms with Crippen LogP contribution in [-0.4, -0.2) is 22.1 Å². The zero-order chi connectivity index (χ0) is 9.84. The lowest BCUT2D eigenvalue weighted by atomic mass is 9.95. The van der Waals surface area contributed by atoms with Crippen molar-refractivity contribution in [3.05, 3.63) is 30.1 Å². The van der Waals surface area contributed by atoms with E-state index in [4.69, 9.17) is 10.8 Å². The number of hydrogen-bond donors (Lipinski definition) is 2. The molecule has 0 amide bonds. The van der Waals surface area contributed by atoms with Crippen molar-refractivity contribution in [1.82, 2.24) is 4.98 Å². The zero-order valence-electron chi connectivity index (χ0n) is 7.34. The highest BCUT2D eigenvalue weighted by atomic mass is 16.4. The SMILES string of the molecule is CC(c1ccncc1)[C@H](N)C(=O)O. The molecule has 1 heterocycles. The number of rotatable bonds is 3. The highest BCUT2D eigenvalue weighted by Gasteiger charge is 2.20. The molecule has 0 aromatic carbocycles. The maximum absolute atomic E-state index is 10.6. The van der Waals surface area contributed by atoms with Gasteiger partial charge >= 0.3 is 5.97 Å². The molecule has 0 saturated carbocycles. The van der Waals surface area contributed by atoms with Gasteiger partial charge in [0, 0.05) is 18.3 Å². The van der Waals surface area contributed by atoms with Crippen LogP contribution in [0, 0.1) is 0 Å². The van der Waals surface area contributed by atoms with Gasteiger partial charge in [0.25, 0.3) is 0 Å². The van der Waals surface area contributed by atoms with Crippen molar-refractivity contribution in [2.45, 2.75) is 18.9 Å². The van der Waals surface area contributed by atoms with Gasteiger partial charge in [0.2, 0.25) is 0 Å². The molecule has 13 heavy (non-hydrogen) atoms. The second-order valence-electron chi connectivity index (χ2n) is 2.93. The number of hydrogen-bond acceptors (Lipinski definition) is 3. The van der Waals surface area contributed by atoms with Crippen molar-refractivity contribution in [3.63, 3.8) is 0 Å². The fourth-order valence-electron chi connectivity index (χ4n) is 1.09. The van der Waals surface area contributed by atoms with Crippen LogP contribution in [0.2, 0.25) is 0 Å². The molecule has 0 aliphatic heterocycles. The van der Waals surface area contributed by atoms with Gasteiger partial charge in [-0.1, -0.05) is 6.92 Å². The Balaban J connectivity index is 2.79. The minimum atomic E-state index is -0.982. The average molecular weight is 180 g/mol. The van der Waals surface area contributed by atoms with Gasteiger partial charge in [-0.3, -0.25) is 9.78 Å². The number of nitrogens with two attached hydrogens (primary N) is 1. The van der Waals surface area contributed by atoms with Gasteiger partial charge in [0.1, 0.15) is 6.04 Å². The largest absolute Gasteiger partial charge is 0.480 e. The fourth-order valence-corrected chi connectivity index (χ4v) is 1.09. The molecule has 1 rings (SSSR count). The maximum Gasteiger partial charge on any atom is 0.321 e. The Labute approximate surface area is 76.4 Å². The van der Waals surface area contributed by atoms with Crippen LogP contribution in [0.15, 0.2) is 24.5 Å². The van der Waals surface area contributed by atoms with Gasteiger partial charge in [0.05, 0.1) is 0 Å². The number of aromatic nitrogens is 1. The van der Waals surface area contributed by atoms with Crippen LogP contribution in [0.5, 0.6) is 0 Å². The van der Waals surface area contributed by atoms with Crippen molar-refractivity contribution in [1.29, 1.82) is 0 Å². The van der Waals surface area contributed by atoms with Crippen LogP contribution in [0.25, 0.3) is 0 Å². The molecular weight excluding hydrogens is 168 g/mol. The van der Waals surface area contributed by atoms with Crippen LogP contribution in [0.1, 0.15) is 18.4 Å². The normalized spacial score (nSPS) is 14.9. The monoisotopic (exact) mass is 180 g/mol. The molecule has 0 aliphatic rings. The lowest BCUT2D eigenvalue weighted by Gasteiger charge is -2.15. The summed E-state index contributed by atoms with van der Waals surface area (Å²) in [6, 6.07) is 2.68. The van der Waals surface area contributed by atoms with Gasteiger partial charge in [-0.25, -0.2) is 0 Å². The summed E-state index contributed by atoms with van der Waals surface area (Å²) in [5, 5.41) is 8.67. The van der Waals surface area contributed by atoms with Gasteiger partial charge in [0.15, 0.2) is 0 Å². The van der Waals surface area contributed by atoms with Crippen LogP contribution in [0.3, 0.4) is 0 Å². The van der Waals surface area contributed by atoms with E-state index in [2.05, 4.69) is 4.98 Å². The van der Waals surface area contributed by atoms with Gasteiger partial charge in [-0.2, -0.15) is 0 Å². The Kier molecular flexibility index (Phi) is 2.97. The fraction of sp³-hybridized carbons (Fsp3) is 0.333. The lowest BCUT2D eigenvalue weighted by molar-refractivity contribution is -0.139. The number of nitrogens with zero attached hydrogens (tertiary/aromatic N) is 1. The van der Waals surface area contributed by atoms with Gasteiger partial charge in [-0.15, -0.1) is 0 Å². The molecule has 4 heteroatoms. The van der Waals surface area contributed by atoms with Crippen LogP contribution < -0.4 is 5.73 Å². The minimum Gasteiger partial charge on any atom is -0.480 e. The highest BCUT2D eigenvalue weighted by molar-refractivity contribution is 5.74. The van der Waals surface area contributed by atoms with E-state index in [1.807, 2.05) is 0 Å². The van der Waals surface area contributed by atoms with Gasteiger partial charge in [-0.05, 0) is 17.7 Å². The Hall–Kier alpha value is -1.42. The zero-order valence-corrected chi connectivity index (χ0v) is 7.34. The summed E-state index contributed by atoms with van der Waals surface area (Å²) in [4.78, 5) is 14.4. The Bertz CT molecular complexity index is 287. The molecule has 0 radical (unpaired) electrons. The van der Waals surface area contributed by atoms with E-state index in [1.165, 1.54) is 0 Å². The summed E-state index contributed by atoms with van der Waals surface area (Å²) in [5.41, 5.74) is 6.37. The predicted molar refractivity (Wildman–Crippen MR) is 48.3 cm³/mol. The Morgan fingerprint density at radius 1 is 1.54 bits per heavy atom. The summed E-state index contributed by atoms with van der Waals surface area (Å²) >= 11 is 0. The first-order valence-corrected chi connectivity index (χ1v) is 4.01. The molecule has 1 unspecified atom stereocenters. The second kappa shape index (κ2) is 4.00. The topological polar surface area (TPSA) is 76.2 Å².